The largest absolute Gasteiger partial charge is 0.480 e. The molecule has 1 amide bonds. The third-order valence-corrected chi connectivity index (χ3v) is 3.84. The molecule has 0 saturated carbocycles. The first-order chi connectivity index (χ1) is 8.61. The molecule has 2 unspecified atom stereocenters. The third-order valence-electron chi connectivity index (χ3n) is 3.84. The van der Waals surface area contributed by atoms with Crippen LogP contribution in [0.15, 0.2) is 0 Å². The molecule has 2 rings (SSSR count). The van der Waals surface area contributed by atoms with Crippen LogP contribution < -0.4 is 5.32 Å². The molecule has 0 bridgehead atoms. The second-order valence-corrected chi connectivity index (χ2v) is 5.00. The van der Waals surface area contributed by atoms with E-state index in [1.54, 1.807) is 4.90 Å². The van der Waals surface area contributed by atoms with E-state index in [4.69, 9.17) is 0 Å². The summed E-state index contributed by atoms with van der Waals surface area (Å²) < 4.78 is 0. The Labute approximate surface area is 107 Å². The number of amides is 1. The molecule has 0 aromatic heterocycles. The van der Waals surface area contributed by atoms with E-state index in [9.17, 15) is 14.7 Å². The van der Waals surface area contributed by atoms with Crippen LogP contribution in [0.2, 0.25) is 0 Å². The van der Waals surface area contributed by atoms with Gasteiger partial charge in [-0.3, -0.25) is 14.5 Å². The van der Waals surface area contributed by atoms with Crippen molar-refractivity contribution in [2.24, 2.45) is 0 Å². The van der Waals surface area contributed by atoms with Crippen molar-refractivity contribution in [3.05, 3.63) is 0 Å². The van der Waals surface area contributed by atoms with Crippen LogP contribution in [0.1, 0.15) is 19.8 Å². The predicted molar refractivity (Wildman–Crippen MR) is 66.3 cm³/mol. The Balaban J connectivity index is 2.03. The highest BCUT2D eigenvalue weighted by Gasteiger charge is 2.36. The maximum absolute atomic E-state index is 12.3. The van der Waals surface area contributed by atoms with Gasteiger partial charge in [-0.2, -0.15) is 0 Å². The number of hydrogen-bond acceptors (Lipinski definition) is 4. The molecule has 2 heterocycles. The summed E-state index contributed by atoms with van der Waals surface area (Å²) in [6.07, 6.45) is 2.12. The third kappa shape index (κ3) is 2.64. The van der Waals surface area contributed by atoms with E-state index in [1.807, 2.05) is 11.8 Å². The Bertz CT molecular complexity index is 329. The van der Waals surface area contributed by atoms with Crippen molar-refractivity contribution in [2.75, 3.05) is 32.7 Å². The molecular formula is C12H21N3O3. The standard InChI is InChI=1S/C12H21N3O3/c1-9(11(16)14-5-2-3-6-14)15-7-4-13-8-10(15)12(17)18/h9-10,13H,2-8H2,1H3,(H,17,18). The maximum Gasteiger partial charge on any atom is 0.322 e. The van der Waals surface area contributed by atoms with E-state index in [-0.39, 0.29) is 11.9 Å². The lowest BCUT2D eigenvalue weighted by Gasteiger charge is -2.38. The van der Waals surface area contributed by atoms with Gasteiger partial charge in [-0.05, 0) is 19.8 Å². The van der Waals surface area contributed by atoms with E-state index in [0.717, 1.165) is 32.5 Å². The Morgan fingerprint density at radius 1 is 1.28 bits per heavy atom. The van der Waals surface area contributed by atoms with Crippen LogP contribution in [-0.4, -0.2) is 71.6 Å². The summed E-state index contributed by atoms with van der Waals surface area (Å²) in [4.78, 5) is 27.1. The molecule has 0 aromatic carbocycles. The van der Waals surface area contributed by atoms with Crippen molar-refractivity contribution < 1.29 is 14.7 Å². The lowest BCUT2D eigenvalue weighted by atomic mass is 10.1. The van der Waals surface area contributed by atoms with Crippen molar-refractivity contribution in [3.63, 3.8) is 0 Å². The number of rotatable bonds is 3. The maximum atomic E-state index is 12.3. The minimum Gasteiger partial charge on any atom is -0.480 e. The van der Waals surface area contributed by atoms with E-state index in [2.05, 4.69) is 5.32 Å². The summed E-state index contributed by atoms with van der Waals surface area (Å²) in [5.74, 6) is -0.788. The van der Waals surface area contributed by atoms with Crippen LogP contribution in [-0.2, 0) is 9.59 Å². The molecule has 18 heavy (non-hydrogen) atoms. The number of hydrogen-bond donors (Lipinski definition) is 2. The van der Waals surface area contributed by atoms with Gasteiger partial charge in [0.25, 0.3) is 0 Å². The van der Waals surface area contributed by atoms with E-state index >= 15 is 0 Å². The lowest BCUT2D eigenvalue weighted by Crippen LogP contribution is -2.60. The van der Waals surface area contributed by atoms with Gasteiger partial charge in [-0.15, -0.1) is 0 Å². The molecule has 2 fully saturated rings. The molecule has 2 aliphatic rings. The Morgan fingerprint density at radius 2 is 1.94 bits per heavy atom. The first-order valence-corrected chi connectivity index (χ1v) is 6.59. The van der Waals surface area contributed by atoms with Gasteiger partial charge >= 0.3 is 5.97 Å². The number of piperazine rings is 1. The number of nitrogens with one attached hydrogen (secondary N) is 1. The monoisotopic (exact) mass is 255 g/mol. The SMILES string of the molecule is CC(C(=O)N1CCCC1)N1CCNCC1C(=O)O. The average Bonchev–Trinajstić information content (AvgIpc) is 2.90. The number of aliphatic carboxylic acids is 1. The van der Waals surface area contributed by atoms with Crippen LogP contribution in [0.25, 0.3) is 0 Å². The summed E-state index contributed by atoms with van der Waals surface area (Å²) in [6, 6.07) is -0.938. The van der Waals surface area contributed by atoms with Gasteiger partial charge in [0.05, 0.1) is 6.04 Å². The second-order valence-electron chi connectivity index (χ2n) is 5.00. The number of carboxylic acid groups (broad SMARTS) is 1. The molecule has 2 saturated heterocycles. The smallest absolute Gasteiger partial charge is 0.322 e. The van der Waals surface area contributed by atoms with Crippen LogP contribution in [0.3, 0.4) is 0 Å². The van der Waals surface area contributed by atoms with Crippen LogP contribution in [0.5, 0.6) is 0 Å². The normalized spacial score (nSPS) is 27.2. The van der Waals surface area contributed by atoms with Crippen molar-refractivity contribution in [1.82, 2.24) is 15.1 Å². The van der Waals surface area contributed by atoms with Crippen LogP contribution in [0.4, 0.5) is 0 Å². The fourth-order valence-corrected chi connectivity index (χ4v) is 2.76. The number of carbonyl (C=O) groups is 2. The van der Waals surface area contributed by atoms with E-state index in [1.165, 1.54) is 0 Å². The topological polar surface area (TPSA) is 72.9 Å². The zero-order chi connectivity index (χ0) is 13.1. The minimum absolute atomic E-state index is 0.0700. The van der Waals surface area contributed by atoms with Crippen molar-refractivity contribution >= 4 is 11.9 Å². The van der Waals surface area contributed by atoms with Crippen molar-refractivity contribution in [3.8, 4) is 0 Å². The highest BCUT2D eigenvalue weighted by atomic mass is 16.4. The van der Waals surface area contributed by atoms with Crippen LogP contribution in [0, 0.1) is 0 Å². The lowest BCUT2D eigenvalue weighted by molar-refractivity contribution is -0.148. The van der Waals surface area contributed by atoms with Gasteiger partial charge in [-0.25, -0.2) is 0 Å². The molecule has 6 heteroatoms. The van der Waals surface area contributed by atoms with Gasteiger partial charge in [0, 0.05) is 32.7 Å². The molecule has 2 aliphatic heterocycles. The van der Waals surface area contributed by atoms with Gasteiger partial charge in [-0.1, -0.05) is 0 Å². The summed E-state index contributed by atoms with van der Waals surface area (Å²) in [5.41, 5.74) is 0. The second kappa shape index (κ2) is 5.67. The average molecular weight is 255 g/mol. The number of likely N-dealkylation sites (tertiary alicyclic amines) is 1. The Morgan fingerprint density at radius 3 is 2.56 bits per heavy atom. The molecule has 2 atom stereocenters. The fourth-order valence-electron chi connectivity index (χ4n) is 2.76. The molecule has 6 nitrogen and oxygen atoms in total. The molecular weight excluding hydrogens is 234 g/mol. The van der Waals surface area contributed by atoms with Crippen LogP contribution >= 0.6 is 0 Å². The summed E-state index contributed by atoms with van der Waals surface area (Å²) in [6.45, 7) is 5.20. The zero-order valence-corrected chi connectivity index (χ0v) is 10.8. The fraction of sp³-hybridized carbons (Fsp3) is 0.833. The number of carboxylic acids is 1. The molecule has 2 N–H and O–H groups in total. The first kappa shape index (κ1) is 13.3. The molecule has 0 aromatic rings. The highest BCUT2D eigenvalue weighted by molar-refractivity contribution is 5.83. The quantitative estimate of drug-likeness (QED) is 0.701. The van der Waals surface area contributed by atoms with Gasteiger partial charge in [0.15, 0.2) is 0 Å². The van der Waals surface area contributed by atoms with Gasteiger partial charge in [0.2, 0.25) is 5.91 Å². The van der Waals surface area contributed by atoms with Crippen molar-refractivity contribution in [2.45, 2.75) is 31.8 Å². The van der Waals surface area contributed by atoms with E-state index in [0.29, 0.717) is 13.1 Å². The molecule has 102 valence electrons. The van der Waals surface area contributed by atoms with E-state index < -0.39 is 12.0 Å². The van der Waals surface area contributed by atoms with Gasteiger partial charge < -0.3 is 15.3 Å². The summed E-state index contributed by atoms with van der Waals surface area (Å²) >= 11 is 0. The Kier molecular flexibility index (Phi) is 4.19. The van der Waals surface area contributed by atoms with Crippen molar-refractivity contribution in [1.29, 1.82) is 0 Å². The molecule has 0 radical (unpaired) electrons. The highest BCUT2D eigenvalue weighted by Crippen LogP contribution is 2.15. The predicted octanol–water partition coefficient (Wildman–Crippen LogP) is -0.644. The molecule has 0 aliphatic carbocycles. The summed E-state index contributed by atoms with van der Waals surface area (Å²) in [7, 11) is 0. The Hall–Kier alpha value is -1.14. The molecule has 0 spiro atoms. The zero-order valence-electron chi connectivity index (χ0n) is 10.8. The summed E-state index contributed by atoms with van der Waals surface area (Å²) in [5, 5.41) is 12.3. The number of carbonyl (C=O) groups excluding carboxylic acids is 1. The minimum atomic E-state index is -0.858. The number of nitrogens with zero attached hydrogens (tertiary/aromatic N) is 2. The van der Waals surface area contributed by atoms with Gasteiger partial charge in [0.1, 0.15) is 6.04 Å². The first-order valence-electron chi connectivity index (χ1n) is 6.59.